The summed E-state index contributed by atoms with van der Waals surface area (Å²) in [6, 6.07) is 3.40. The summed E-state index contributed by atoms with van der Waals surface area (Å²) >= 11 is 0. The van der Waals surface area contributed by atoms with E-state index in [-0.39, 0.29) is 0 Å². The van der Waals surface area contributed by atoms with Gasteiger partial charge < -0.3 is 18.9 Å². The molecule has 1 aromatic rings. The fourth-order valence-electron chi connectivity index (χ4n) is 1.38. The molecule has 0 aliphatic heterocycles. The molecule has 0 bridgehead atoms. The zero-order chi connectivity index (χ0) is 14.3. The van der Waals surface area contributed by atoms with E-state index in [1.165, 1.54) is 34.7 Å². The Kier molecular flexibility index (Phi) is 5.46. The molecule has 0 saturated heterocycles. The van der Waals surface area contributed by atoms with Crippen molar-refractivity contribution < 1.29 is 23.7 Å². The quantitative estimate of drug-likeness (QED) is 0.645. The Morgan fingerprint density at radius 2 is 1.68 bits per heavy atom. The van der Waals surface area contributed by atoms with E-state index in [1.807, 2.05) is 0 Å². The average Bonchev–Trinajstić information content (AvgIpc) is 2.45. The second-order valence-electron chi connectivity index (χ2n) is 3.32. The minimum absolute atomic E-state index is 0.489. The van der Waals surface area contributed by atoms with Gasteiger partial charge >= 0.3 is 6.09 Å². The van der Waals surface area contributed by atoms with E-state index in [0.717, 1.165) is 0 Å². The summed E-state index contributed by atoms with van der Waals surface area (Å²) in [7, 11) is 5.81. The Morgan fingerprint density at radius 3 is 2.11 bits per heavy atom. The summed E-state index contributed by atoms with van der Waals surface area (Å²) in [6.07, 6.45) is 0.783. The average molecular weight is 268 g/mol. The van der Waals surface area contributed by atoms with Crippen LogP contribution in [0.1, 0.15) is 5.56 Å². The van der Waals surface area contributed by atoms with Gasteiger partial charge in [0.05, 0.1) is 34.7 Å². The molecule has 0 aromatic heterocycles. The highest BCUT2D eigenvalue weighted by Gasteiger charge is 2.12. The highest BCUT2D eigenvalue weighted by atomic mass is 16.5. The van der Waals surface area contributed by atoms with Crippen LogP contribution in [0.4, 0.5) is 4.79 Å². The van der Waals surface area contributed by atoms with Gasteiger partial charge in [-0.3, -0.25) is 0 Å². The van der Waals surface area contributed by atoms with Gasteiger partial charge in [0.2, 0.25) is 5.75 Å². The molecule has 19 heavy (non-hydrogen) atoms. The molecule has 0 heterocycles. The van der Waals surface area contributed by atoms with E-state index < -0.39 is 6.09 Å². The number of methoxy groups -OCH3 is 4. The van der Waals surface area contributed by atoms with Crippen LogP contribution < -0.4 is 19.6 Å². The van der Waals surface area contributed by atoms with Gasteiger partial charge in [-0.05, 0) is 12.1 Å². The number of ether oxygens (including phenoxy) is 4. The molecule has 7 nitrogen and oxygen atoms in total. The van der Waals surface area contributed by atoms with Crippen LogP contribution in [-0.2, 0) is 4.74 Å². The number of hydrogen-bond donors (Lipinski definition) is 1. The summed E-state index contributed by atoms with van der Waals surface area (Å²) in [5.41, 5.74) is 2.85. The lowest BCUT2D eigenvalue weighted by Crippen LogP contribution is -2.16. The first-order valence-corrected chi connectivity index (χ1v) is 5.33. The largest absolute Gasteiger partial charge is 0.493 e. The number of carbonyl (C=O) groups excluding carboxylic acids is 1. The Hall–Kier alpha value is -2.44. The summed E-state index contributed by atoms with van der Waals surface area (Å²) in [6.45, 7) is 0. The van der Waals surface area contributed by atoms with Crippen molar-refractivity contribution in [1.82, 2.24) is 5.43 Å². The maximum atomic E-state index is 10.8. The molecule has 0 unspecified atom stereocenters. The van der Waals surface area contributed by atoms with E-state index in [4.69, 9.17) is 14.2 Å². The maximum absolute atomic E-state index is 10.8. The molecule has 1 aromatic carbocycles. The summed E-state index contributed by atoms with van der Waals surface area (Å²) in [5.74, 6) is 1.49. The van der Waals surface area contributed by atoms with Gasteiger partial charge in [-0.15, -0.1) is 0 Å². The first-order chi connectivity index (χ1) is 9.15. The van der Waals surface area contributed by atoms with E-state index in [9.17, 15) is 4.79 Å². The first-order valence-electron chi connectivity index (χ1n) is 5.33. The number of benzene rings is 1. The number of nitrogens with zero attached hydrogens (tertiary/aromatic N) is 1. The highest BCUT2D eigenvalue weighted by molar-refractivity contribution is 5.83. The van der Waals surface area contributed by atoms with Crippen LogP contribution in [0.25, 0.3) is 0 Å². The minimum Gasteiger partial charge on any atom is -0.493 e. The van der Waals surface area contributed by atoms with Crippen LogP contribution in [0.15, 0.2) is 17.2 Å². The van der Waals surface area contributed by atoms with Crippen molar-refractivity contribution in [3.63, 3.8) is 0 Å². The van der Waals surface area contributed by atoms with Crippen LogP contribution in [0, 0.1) is 0 Å². The van der Waals surface area contributed by atoms with Crippen LogP contribution in [0.5, 0.6) is 17.2 Å². The molecule has 104 valence electrons. The number of nitrogens with one attached hydrogen (secondary N) is 1. The zero-order valence-corrected chi connectivity index (χ0v) is 11.2. The molecule has 0 spiro atoms. The third-order valence-corrected chi connectivity index (χ3v) is 2.24. The lowest BCUT2D eigenvalue weighted by atomic mass is 10.2. The van der Waals surface area contributed by atoms with Crippen molar-refractivity contribution >= 4 is 12.3 Å². The SMILES string of the molecule is COC(=O)NN=Cc1cc(OC)c(OC)c(OC)c1. The Morgan fingerprint density at radius 1 is 1.11 bits per heavy atom. The molecule has 1 amide bonds. The number of amides is 1. The molecular formula is C12H16N2O5. The van der Waals surface area contributed by atoms with E-state index in [1.54, 1.807) is 12.1 Å². The van der Waals surface area contributed by atoms with Gasteiger partial charge in [0, 0.05) is 5.56 Å². The summed E-state index contributed by atoms with van der Waals surface area (Å²) in [5, 5.41) is 3.72. The van der Waals surface area contributed by atoms with Crippen LogP contribution in [0.2, 0.25) is 0 Å². The van der Waals surface area contributed by atoms with Crippen molar-refractivity contribution in [1.29, 1.82) is 0 Å². The molecule has 7 heteroatoms. The number of rotatable bonds is 5. The van der Waals surface area contributed by atoms with Gasteiger partial charge in [-0.2, -0.15) is 5.10 Å². The van der Waals surface area contributed by atoms with Crippen LogP contribution >= 0.6 is 0 Å². The number of hydrazone groups is 1. The van der Waals surface area contributed by atoms with E-state index in [2.05, 4.69) is 15.3 Å². The topological polar surface area (TPSA) is 78.4 Å². The lowest BCUT2D eigenvalue weighted by molar-refractivity contribution is 0.171. The molecule has 0 radical (unpaired) electrons. The Labute approximate surface area is 111 Å². The predicted octanol–water partition coefficient (Wildman–Crippen LogP) is 1.40. The first kappa shape index (κ1) is 14.6. The standard InChI is InChI=1S/C12H16N2O5/c1-16-9-5-8(7-13-14-12(15)19-4)6-10(17-2)11(9)18-3/h5-7H,1-4H3,(H,14,15). The van der Waals surface area contributed by atoms with E-state index >= 15 is 0 Å². The molecule has 1 rings (SSSR count). The predicted molar refractivity (Wildman–Crippen MR) is 69.2 cm³/mol. The van der Waals surface area contributed by atoms with Crippen molar-refractivity contribution in [3.05, 3.63) is 17.7 Å². The highest BCUT2D eigenvalue weighted by Crippen LogP contribution is 2.37. The van der Waals surface area contributed by atoms with Crippen LogP contribution in [0.3, 0.4) is 0 Å². The van der Waals surface area contributed by atoms with E-state index in [0.29, 0.717) is 22.8 Å². The Bertz CT molecular complexity index is 448. The second-order valence-corrected chi connectivity index (χ2v) is 3.32. The lowest BCUT2D eigenvalue weighted by Gasteiger charge is -2.12. The molecule has 0 atom stereocenters. The number of hydrogen-bond acceptors (Lipinski definition) is 6. The Balaban J connectivity index is 2.99. The van der Waals surface area contributed by atoms with Crippen molar-refractivity contribution in [2.75, 3.05) is 28.4 Å². The number of carbonyl (C=O) groups is 1. The monoisotopic (exact) mass is 268 g/mol. The van der Waals surface area contributed by atoms with Gasteiger partial charge in [-0.25, -0.2) is 10.2 Å². The third-order valence-electron chi connectivity index (χ3n) is 2.24. The van der Waals surface area contributed by atoms with Gasteiger partial charge in [0.25, 0.3) is 0 Å². The maximum Gasteiger partial charge on any atom is 0.427 e. The second kappa shape index (κ2) is 7.10. The van der Waals surface area contributed by atoms with Gasteiger partial charge in [0.15, 0.2) is 11.5 Å². The fourth-order valence-corrected chi connectivity index (χ4v) is 1.38. The molecular weight excluding hydrogens is 252 g/mol. The summed E-state index contributed by atoms with van der Waals surface area (Å²) < 4.78 is 19.9. The molecule has 1 N–H and O–H groups in total. The smallest absolute Gasteiger partial charge is 0.427 e. The molecule has 0 aliphatic carbocycles. The zero-order valence-electron chi connectivity index (χ0n) is 11.2. The van der Waals surface area contributed by atoms with Crippen molar-refractivity contribution in [3.8, 4) is 17.2 Å². The van der Waals surface area contributed by atoms with Gasteiger partial charge in [-0.1, -0.05) is 0 Å². The molecule has 0 saturated carbocycles. The normalized spacial score (nSPS) is 10.1. The van der Waals surface area contributed by atoms with Crippen molar-refractivity contribution in [2.24, 2.45) is 5.10 Å². The summed E-state index contributed by atoms with van der Waals surface area (Å²) in [4.78, 5) is 10.8. The van der Waals surface area contributed by atoms with Crippen molar-refractivity contribution in [2.45, 2.75) is 0 Å². The fraction of sp³-hybridized carbons (Fsp3) is 0.333. The molecule has 0 fully saturated rings. The molecule has 0 aliphatic rings. The van der Waals surface area contributed by atoms with Gasteiger partial charge in [0.1, 0.15) is 0 Å². The minimum atomic E-state index is -0.649. The third kappa shape index (κ3) is 3.77. The van der Waals surface area contributed by atoms with Crippen LogP contribution in [-0.4, -0.2) is 40.7 Å².